The summed E-state index contributed by atoms with van der Waals surface area (Å²) < 4.78 is 16.7. The number of unbranched alkanes of at least 4 members (excludes halogenated alkanes) is 34. The molecule has 0 N–H and O–H groups in total. The minimum atomic E-state index is -0.761. The Bertz CT molecular complexity index is 900. The highest BCUT2D eigenvalue weighted by molar-refractivity contribution is 5.71. The van der Waals surface area contributed by atoms with Crippen molar-refractivity contribution in [3.8, 4) is 0 Å². The third kappa shape index (κ3) is 45.2. The minimum absolute atomic E-state index is 0.0673. The van der Waals surface area contributed by atoms with Crippen molar-refractivity contribution in [3.63, 3.8) is 0 Å². The lowest BCUT2D eigenvalue weighted by molar-refractivity contribution is -0.167. The van der Waals surface area contributed by atoms with Crippen LogP contribution in [0.5, 0.6) is 0 Å². The lowest BCUT2D eigenvalue weighted by atomic mass is 10.0. The van der Waals surface area contributed by atoms with Gasteiger partial charge in [-0.2, -0.15) is 0 Å². The van der Waals surface area contributed by atoms with E-state index in [1.54, 1.807) is 0 Å². The van der Waals surface area contributed by atoms with Crippen LogP contribution in [0.3, 0.4) is 0 Å². The van der Waals surface area contributed by atoms with Crippen molar-refractivity contribution in [1.82, 2.24) is 0 Å². The Morgan fingerprint density at radius 3 is 0.862 bits per heavy atom. The molecule has 0 heterocycles. The maximum atomic E-state index is 12.7. The van der Waals surface area contributed by atoms with Crippen LogP contribution in [0.4, 0.5) is 0 Å². The maximum Gasteiger partial charge on any atom is 0.306 e. The summed E-state index contributed by atoms with van der Waals surface area (Å²) in [5, 5.41) is 0. The molecule has 58 heavy (non-hydrogen) atoms. The van der Waals surface area contributed by atoms with E-state index in [2.05, 4.69) is 32.9 Å². The Hall–Kier alpha value is -1.85. The Balaban J connectivity index is 4.09. The molecular formula is C52H98O6. The van der Waals surface area contributed by atoms with Crippen molar-refractivity contribution >= 4 is 17.9 Å². The summed E-state index contributed by atoms with van der Waals surface area (Å²) in [7, 11) is 0. The lowest BCUT2D eigenvalue weighted by Gasteiger charge is -2.18. The fourth-order valence-corrected chi connectivity index (χ4v) is 7.61. The van der Waals surface area contributed by atoms with Crippen LogP contribution >= 0.6 is 0 Å². The molecule has 0 bridgehead atoms. The standard InChI is InChI=1S/C52H98O6/c1-4-7-10-13-15-17-19-21-23-24-25-26-27-28-29-31-32-34-36-39-42-45-51(54)57-48-49(47-56-50(53)44-41-38-12-9-6-3)58-52(55)46-43-40-37-35-33-30-22-20-18-16-14-11-8-5-2/h24-25,49H,4-23,26-48H2,1-3H3/b25-24-. The molecule has 0 aliphatic rings. The molecule has 1 atom stereocenters. The van der Waals surface area contributed by atoms with Gasteiger partial charge in [0.15, 0.2) is 6.10 Å². The van der Waals surface area contributed by atoms with E-state index in [4.69, 9.17) is 14.2 Å². The van der Waals surface area contributed by atoms with Crippen LogP contribution < -0.4 is 0 Å². The molecule has 0 spiro atoms. The summed E-state index contributed by atoms with van der Waals surface area (Å²) in [6, 6.07) is 0. The van der Waals surface area contributed by atoms with Crippen molar-refractivity contribution in [1.29, 1.82) is 0 Å². The predicted octanol–water partition coefficient (Wildman–Crippen LogP) is 16.6. The zero-order valence-corrected chi connectivity index (χ0v) is 39.1. The van der Waals surface area contributed by atoms with Gasteiger partial charge in [-0.25, -0.2) is 0 Å². The fraction of sp³-hybridized carbons (Fsp3) is 0.904. The van der Waals surface area contributed by atoms with E-state index in [9.17, 15) is 14.4 Å². The Kier molecular flexibility index (Phi) is 46.3. The second-order valence-electron chi connectivity index (χ2n) is 17.4. The van der Waals surface area contributed by atoms with E-state index < -0.39 is 6.10 Å². The van der Waals surface area contributed by atoms with Crippen LogP contribution in [0.2, 0.25) is 0 Å². The topological polar surface area (TPSA) is 78.9 Å². The first kappa shape index (κ1) is 56.1. The molecule has 0 aromatic rings. The van der Waals surface area contributed by atoms with Crippen LogP contribution in [0.15, 0.2) is 12.2 Å². The van der Waals surface area contributed by atoms with Crippen molar-refractivity contribution in [2.45, 2.75) is 290 Å². The zero-order valence-electron chi connectivity index (χ0n) is 39.1. The van der Waals surface area contributed by atoms with Gasteiger partial charge in [0.1, 0.15) is 13.2 Å². The van der Waals surface area contributed by atoms with Gasteiger partial charge in [0.25, 0.3) is 0 Å². The normalized spacial score (nSPS) is 12.0. The lowest BCUT2D eigenvalue weighted by Crippen LogP contribution is -2.30. The van der Waals surface area contributed by atoms with Gasteiger partial charge in [0.05, 0.1) is 0 Å². The molecule has 0 fully saturated rings. The molecule has 0 aromatic heterocycles. The quantitative estimate of drug-likeness (QED) is 0.0263. The fourth-order valence-electron chi connectivity index (χ4n) is 7.61. The SMILES string of the molecule is CCCCCCCCCC/C=C\CCCCCCCCCCCC(=O)OCC(COC(=O)CCCCCCC)OC(=O)CCCCCCCCCCCCCCCC. The first-order valence-corrected chi connectivity index (χ1v) is 25.7. The van der Waals surface area contributed by atoms with E-state index in [-0.39, 0.29) is 31.1 Å². The molecule has 342 valence electrons. The number of hydrogen-bond acceptors (Lipinski definition) is 6. The largest absolute Gasteiger partial charge is 0.462 e. The summed E-state index contributed by atoms with van der Waals surface area (Å²) in [5.74, 6) is -0.869. The van der Waals surface area contributed by atoms with Crippen molar-refractivity contribution < 1.29 is 28.6 Å². The number of esters is 3. The second kappa shape index (κ2) is 47.8. The van der Waals surface area contributed by atoms with E-state index in [1.807, 2.05) is 0 Å². The van der Waals surface area contributed by atoms with Crippen LogP contribution in [-0.4, -0.2) is 37.2 Å². The molecule has 0 aliphatic heterocycles. The average Bonchev–Trinajstić information content (AvgIpc) is 3.22. The van der Waals surface area contributed by atoms with E-state index in [0.29, 0.717) is 19.3 Å². The van der Waals surface area contributed by atoms with Gasteiger partial charge in [0, 0.05) is 19.3 Å². The van der Waals surface area contributed by atoms with Gasteiger partial charge in [0.2, 0.25) is 0 Å². The first-order chi connectivity index (χ1) is 28.5. The summed E-state index contributed by atoms with van der Waals surface area (Å²) in [5.41, 5.74) is 0. The molecule has 0 aliphatic carbocycles. The van der Waals surface area contributed by atoms with Gasteiger partial charge < -0.3 is 14.2 Å². The molecular weight excluding hydrogens is 721 g/mol. The number of hydrogen-bond donors (Lipinski definition) is 0. The molecule has 1 unspecified atom stereocenters. The molecule has 0 amide bonds. The van der Waals surface area contributed by atoms with E-state index >= 15 is 0 Å². The van der Waals surface area contributed by atoms with Gasteiger partial charge in [-0.05, 0) is 44.9 Å². The van der Waals surface area contributed by atoms with Crippen LogP contribution in [0.25, 0.3) is 0 Å². The van der Waals surface area contributed by atoms with Crippen molar-refractivity contribution in [2.24, 2.45) is 0 Å². The van der Waals surface area contributed by atoms with Crippen LogP contribution in [-0.2, 0) is 28.6 Å². The van der Waals surface area contributed by atoms with Crippen molar-refractivity contribution in [2.75, 3.05) is 13.2 Å². The molecule has 6 heteroatoms. The molecule has 0 saturated carbocycles. The number of allylic oxidation sites excluding steroid dienone is 2. The predicted molar refractivity (Wildman–Crippen MR) is 247 cm³/mol. The van der Waals surface area contributed by atoms with E-state index in [0.717, 1.165) is 64.2 Å². The molecule has 0 rings (SSSR count). The summed E-state index contributed by atoms with van der Waals surface area (Å²) in [4.78, 5) is 37.6. The molecule has 0 aromatic carbocycles. The van der Waals surface area contributed by atoms with Gasteiger partial charge in [-0.3, -0.25) is 14.4 Å². The Morgan fingerprint density at radius 2 is 0.569 bits per heavy atom. The Morgan fingerprint density at radius 1 is 0.328 bits per heavy atom. The smallest absolute Gasteiger partial charge is 0.306 e. The van der Waals surface area contributed by atoms with Gasteiger partial charge in [-0.1, -0.05) is 232 Å². The maximum absolute atomic E-state index is 12.7. The van der Waals surface area contributed by atoms with Crippen LogP contribution in [0, 0.1) is 0 Å². The number of ether oxygens (including phenoxy) is 3. The zero-order chi connectivity index (χ0) is 42.3. The van der Waals surface area contributed by atoms with E-state index in [1.165, 1.54) is 180 Å². The monoisotopic (exact) mass is 819 g/mol. The van der Waals surface area contributed by atoms with Gasteiger partial charge >= 0.3 is 17.9 Å². The van der Waals surface area contributed by atoms with Gasteiger partial charge in [-0.15, -0.1) is 0 Å². The summed E-state index contributed by atoms with van der Waals surface area (Å²) >= 11 is 0. The number of rotatable bonds is 47. The second-order valence-corrected chi connectivity index (χ2v) is 17.4. The molecule has 0 saturated heterocycles. The number of carbonyl (C=O) groups is 3. The van der Waals surface area contributed by atoms with Crippen LogP contribution in [0.1, 0.15) is 284 Å². The Labute approximate surface area is 360 Å². The highest BCUT2D eigenvalue weighted by atomic mass is 16.6. The highest BCUT2D eigenvalue weighted by Crippen LogP contribution is 2.16. The summed E-state index contributed by atoms with van der Waals surface area (Å²) in [6.07, 6.45) is 52.3. The number of carbonyl (C=O) groups excluding carboxylic acids is 3. The first-order valence-electron chi connectivity index (χ1n) is 25.7. The highest BCUT2D eigenvalue weighted by Gasteiger charge is 2.19. The minimum Gasteiger partial charge on any atom is -0.462 e. The van der Waals surface area contributed by atoms with Crippen molar-refractivity contribution in [3.05, 3.63) is 12.2 Å². The molecule has 6 nitrogen and oxygen atoms in total. The molecule has 0 radical (unpaired) electrons. The third-order valence-electron chi connectivity index (χ3n) is 11.5. The summed E-state index contributed by atoms with van der Waals surface area (Å²) in [6.45, 7) is 6.58. The third-order valence-corrected chi connectivity index (χ3v) is 11.5. The average molecular weight is 819 g/mol.